The number of rotatable bonds is 3. The quantitative estimate of drug-likeness (QED) is 0.581. The van der Waals surface area contributed by atoms with Crippen LogP contribution < -0.4 is 0 Å². The molecule has 0 bridgehead atoms. The molecule has 2 heterocycles. The second kappa shape index (κ2) is 3.97. The smallest absolute Gasteiger partial charge is 0.442 e. The molecule has 2 rings (SSSR count). The first kappa shape index (κ1) is 10.1. The molecule has 0 aliphatic heterocycles. The third kappa shape index (κ3) is 2.14. The van der Waals surface area contributed by atoms with Gasteiger partial charge in [0, 0.05) is 12.2 Å². The maximum Gasteiger partial charge on any atom is 0.453 e. The lowest BCUT2D eigenvalue weighted by Gasteiger charge is -1.82. The molecule has 0 N–H and O–H groups in total. The Morgan fingerprint density at radius 2 is 1.88 bits per heavy atom. The molecule has 0 aliphatic rings. The van der Waals surface area contributed by atoms with E-state index in [1.54, 1.807) is 13.1 Å². The molecular formula is C9H7N3O4. The van der Waals surface area contributed by atoms with E-state index in [0.29, 0.717) is 11.7 Å². The van der Waals surface area contributed by atoms with Crippen LogP contribution in [0.3, 0.4) is 0 Å². The Bertz CT molecular complexity index is 540. The monoisotopic (exact) mass is 221 g/mol. The van der Waals surface area contributed by atoms with E-state index in [0.717, 1.165) is 6.20 Å². The van der Waals surface area contributed by atoms with Gasteiger partial charge in [0.05, 0.1) is 6.20 Å². The van der Waals surface area contributed by atoms with Gasteiger partial charge in [-0.1, -0.05) is 0 Å². The molecule has 0 unspecified atom stereocenters. The van der Waals surface area contributed by atoms with Crippen LogP contribution in [0.25, 0.3) is 12.2 Å². The Hall–Kier alpha value is -2.44. The molecule has 0 spiro atoms. The first-order valence-electron chi connectivity index (χ1n) is 4.36. The van der Waals surface area contributed by atoms with Crippen molar-refractivity contribution in [3.8, 4) is 0 Å². The van der Waals surface area contributed by atoms with Crippen LogP contribution in [0.4, 0.5) is 5.88 Å². The molecule has 82 valence electrons. The van der Waals surface area contributed by atoms with Crippen molar-refractivity contribution in [3.63, 3.8) is 0 Å². The highest BCUT2D eigenvalue weighted by atomic mass is 16.6. The minimum absolute atomic E-state index is 0.127. The maximum absolute atomic E-state index is 10.3. The van der Waals surface area contributed by atoms with Crippen molar-refractivity contribution in [2.45, 2.75) is 6.92 Å². The topological polar surface area (TPSA) is 95.2 Å². The molecule has 0 saturated carbocycles. The molecule has 16 heavy (non-hydrogen) atoms. The van der Waals surface area contributed by atoms with Crippen molar-refractivity contribution < 1.29 is 13.8 Å². The van der Waals surface area contributed by atoms with E-state index in [1.807, 2.05) is 0 Å². The van der Waals surface area contributed by atoms with E-state index in [9.17, 15) is 10.1 Å². The fourth-order valence-corrected chi connectivity index (χ4v) is 1.03. The average Bonchev–Trinajstić information content (AvgIpc) is 2.83. The summed E-state index contributed by atoms with van der Waals surface area (Å²) in [7, 11) is 0. The molecule has 2 aromatic rings. The fraction of sp³-hybridized carbons (Fsp3) is 0.111. The summed E-state index contributed by atoms with van der Waals surface area (Å²) in [5.74, 6) is 0.794. The van der Waals surface area contributed by atoms with Gasteiger partial charge in [-0.05, 0) is 6.92 Å². The average molecular weight is 221 g/mol. The van der Waals surface area contributed by atoms with Crippen molar-refractivity contribution in [2.75, 3.05) is 0 Å². The minimum atomic E-state index is -0.653. The third-order valence-corrected chi connectivity index (χ3v) is 1.70. The Morgan fingerprint density at radius 3 is 2.38 bits per heavy atom. The summed E-state index contributed by atoms with van der Waals surface area (Å²) in [5, 5.41) is 10.3. The van der Waals surface area contributed by atoms with Crippen LogP contribution in [-0.4, -0.2) is 14.9 Å². The standard InChI is InChI=1S/C9H7N3O4/c1-6-4-10-7(15-6)2-3-8-11-5-9(16-8)12(13)14/h2-5H,1H3/b3-2+. The lowest BCUT2D eigenvalue weighted by molar-refractivity contribution is -0.402. The zero-order chi connectivity index (χ0) is 11.5. The van der Waals surface area contributed by atoms with Gasteiger partial charge in [0.2, 0.25) is 11.8 Å². The molecule has 0 aromatic carbocycles. The number of aromatic nitrogens is 2. The number of hydrogen-bond donors (Lipinski definition) is 0. The van der Waals surface area contributed by atoms with Gasteiger partial charge < -0.3 is 8.83 Å². The fourth-order valence-electron chi connectivity index (χ4n) is 1.03. The Kier molecular flexibility index (Phi) is 2.50. The second-order valence-corrected chi connectivity index (χ2v) is 2.94. The first-order valence-corrected chi connectivity index (χ1v) is 4.36. The van der Waals surface area contributed by atoms with E-state index >= 15 is 0 Å². The molecule has 0 fully saturated rings. The molecule has 0 amide bonds. The zero-order valence-corrected chi connectivity index (χ0v) is 8.28. The van der Waals surface area contributed by atoms with Gasteiger partial charge >= 0.3 is 5.88 Å². The largest absolute Gasteiger partial charge is 0.453 e. The molecule has 7 heteroatoms. The normalized spacial score (nSPS) is 11.1. The van der Waals surface area contributed by atoms with Crippen molar-refractivity contribution in [1.82, 2.24) is 9.97 Å². The van der Waals surface area contributed by atoms with Gasteiger partial charge in [0.25, 0.3) is 0 Å². The molecular weight excluding hydrogens is 214 g/mol. The van der Waals surface area contributed by atoms with E-state index in [4.69, 9.17) is 8.83 Å². The predicted molar refractivity (Wildman–Crippen MR) is 53.3 cm³/mol. The van der Waals surface area contributed by atoms with Gasteiger partial charge in [0.1, 0.15) is 16.9 Å². The molecule has 0 radical (unpaired) electrons. The zero-order valence-electron chi connectivity index (χ0n) is 8.28. The van der Waals surface area contributed by atoms with Crippen LogP contribution in [0.15, 0.2) is 21.2 Å². The molecule has 0 saturated heterocycles. The van der Waals surface area contributed by atoms with Crippen molar-refractivity contribution in [3.05, 3.63) is 40.0 Å². The number of hydrogen-bond acceptors (Lipinski definition) is 6. The van der Waals surface area contributed by atoms with Crippen LogP contribution in [0.1, 0.15) is 17.5 Å². The lowest BCUT2D eigenvalue weighted by atomic mass is 10.5. The van der Waals surface area contributed by atoms with E-state index in [-0.39, 0.29) is 5.89 Å². The number of aryl methyl sites for hydroxylation is 1. The second-order valence-electron chi connectivity index (χ2n) is 2.94. The summed E-state index contributed by atoms with van der Waals surface area (Å²) in [6, 6.07) is 0. The summed E-state index contributed by atoms with van der Waals surface area (Å²) in [5.41, 5.74) is 0. The van der Waals surface area contributed by atoms with Gasteiger partial charge in [-0.3, -0.25) is 10.1 Å². The van der Waals surface area contributed by atoms with Crippen LogP contribution in [0, 0.1) is 17.0 Å². The van der Waals surface area contributed by atoms with E-state index in [2.05, 4.69) is 9.97 Å². The molecule has 2 aromatic heterocycles. The Balaban J connectivity index is 2.14. The van der Waals surface area contributed by atoms with Crippen LogP contribution in [-0.2, 0) is 0 Å². The number of oxazole rings is 2. The highest BCUT2D eigenvalue weighted by molar-refractivity contribution is 5.61. The third-order valence-electron chi connectivity index (χ3n) is 1.70. The van der Waals surface area contributed by atoms with Crippen LogP contribution in [0.5, 0.6) is 0 Å². The van der Waals surface area contributed by atoms with Crippen molar-refractivity contribution >= 4 is 18.0 Å². The number of nitrogens with zero attached hydrogens (tertiary/aromatic N) is 3. The Labute approximate surface area is 89.6 Å². The maximum atomic E-state index is 10.3. The van der Waals surface area contributed by atoms with Gasteiger partial charge in [0.15, 0.2) is 0 Å². The number of nitro groups is 1. The summed E-state index contributed by atoms with van der Waals surface area (Å²) >= 11 is 0. The van der Waals surface area contributed by atoms with E-state index < -0.39 is 10.8 Å². The first-order chi connectivity index (χ1) is 7.65. The van der Waals surface area contributed by atoms with Crippen molar-refractivity contribution in [2.24, 2.45) is 0 Å². The predicted octanol–water partition coefficient (Wildman–Crippen LogP) is 2.05. The van der Waals surface area contributed by atoms with Gasteiger partial charge in [-0.25, -0.2) is 9.97 Å². The lowest BCUT2D eigenvalue weighted by Crippen LogP contribution is -1.82. The van der Waals surface area contributed by atoms with E-state index in [1.165, 1.54) is 12.2 Å². The molecule has 0 atom stereocenters. The summed E-state index contributed by atoms with van der Waals surface area (Å²) in [6.45, 7) is 1.76. The molecule has 0 aliphatic carbocycles. The summed E-state index contributed by atoms with van der Waals surface area (Å²) in [4.78, 5) is 17.3. The summed E-state index contributed by atoms with van der Waals surface area (Å²) < 4.78 is 9.97. The highest BCUT2D eigenvalue weighted by Crippen LogP contribution is 2.14. The van der Waals surface area contributed by atoms with Crippen molar-refractivity contribution in [1.29, 1.82) is 0 Å². The Morgan fingerprint density at radius 1 is 1.25 bits per heavy atom. The highest BCUT2D eigenvalue weighted by Gasteiger charge is 2.11. The van der Waals surface area contributed by atoms with Gasteiger partial charge in [-0.15, -0.1) is 0 Å². The van der Waals surface area contributed by atoms with Gasteiger partial charge in [-0.2, -0.15) is 0 Å². The summed E-state index contributed by atoms with van der Waals surface area (Å²) in [6.07, 6.45) is 5.57. The van der Waals surface area contributed by atoms with Crippen LogP contribution >= 0.6 is 0 Å². The minimum Gasteiger partial charge on any atom is -0.442 e. The van der Waals surface area contributed by atoms with Crippen LogP contribution in [0.2, 0.25) is 0 Å². The SMILES string of the molecule is Cc1cnc(/C=C/c2ncc([N+](=O)[O-])o2)o1. The molecule has 7 nitrogen and oxygen atoms in total.